The Labute approximate surface area is 348 Å². The number of nitrogens with zero attached hydrogens (tertiary/aromatic N) is 5. The molecule has 0 radical (unpaired) electrons. The predicted octanol–water partition coefficient (Wildman–Crippen LogP) is 6.10. The largest absolute Gasteiger partial charge is 0.507 e. The summed E-state index contributed by atoms with van der Waals surface area (Å²) in [7, 11) is 1.70. The lowest BCUT2D eigenvalue weighted by Gasteiger charge is -2.44. The number of carbonyl (C=O) groups excluding carboxylic acids is 3. The van der Waals surface area contributed by atoms with Crippen molar-refractivity contribution in [1.82, 2.24) is 25.7 Å². The Hall–Kier alpha value is -5.33. The number of rotatable bonds is 11. The predicted molar refractivity (Wildman–Crippen MR) is 230 cm³/mol. The monoisotopic (exact) mass is 801 g/mol. The number of hydrogen-bond donors (Lipinski definition) is 3. The lowest BCUT2D eigenvalue weighted by Crippen LogP contribution is -2.57. The maximum Gasteiger partial charge on any atom is 0.252 e. The molecule has 4 aliphatic rings. The normalized spacial score (nSPS) is 19.6. The summed E-state index contributed by atoms with van der Waals surface area (Å²) in [6.07, 6.45) is 10.4. The maximum absolute atomic E-state index is 14.0. The molecule has 12 nitrogen and oxygen atoms in total. The second kappa shape index (κ2) is 19.6. The molecule has 59 heavy (non-hydrogen) atoms. The number of phenols is 1. The number of hydrogen-bond acceptors (Lipinski definition) is 10. The van der Waals surface area contributed by atoms with E-state index in [9.17, 15) is 19.5 Å². The van der Waals surface area contributed by atoms with E-state index in [0.717, 1.165) is 70.3 Å². The fraction of sp³-hybridized carbons (Fsp3) is 0.468. The number of benzene rings is 3. The van der Waals surface area contributed by atoms with Gasteiger partial charge in [-0.15, -0.1) is 0 Å². The van der Waals surface area contributed by atoms with Crippen molar-refractivity contribution in [2.24, 2.45) is 5.92 Å². The lowest BCUT2D eigenvalue weighted by molar-refractivity contribution is -0.150. The Morgan fingerprint density at radius 1 is 0.814 bits per heavy atom. The topological polar surface area (TPSA) is 140 Å². The number of phenolic OH excluding ortho intramolecular Hbond substituents is 1. The third-order valence-electron chi connectivity index (χ3n) is 13.0. The van der Waals surface area contributed by atoms with Gasteiger partial charge in [-0.3, -0.25) is 19.7 Å². The molecule has 4 aromatic rings. The summed E-state index contributed by atoms with van der Waals surface area (Å²) < 4.78 is 6.06. The van der Waals surface area contributed by atoms with Crippen molar-refractivity contribution in [3.8, 4) is 17.0 Å². The van der Waals surface area contributed by atoms with E-state index in [0.29, 0.717) is 49.9 Å². The van der Waals surface area contributed by atoms with Crippen LogP contribution < -0.4 is 20.4 Å². The molecule has 3 amide bonds. The minimum Gasteiger partial charge on any atom is -0.507 e. The Morgan fingerprint density at radius 3 is 2.07 bits per heavy atom. The van der Waals surface area contributed by atoms with Crippen LogP contribution >= 0.6 is 0 Å². The van der Waals surface area contributed by atoms with Gasteiger partial charge in [-0.2, -0.15) is 10.2 Å². The zero-order valence-electron chi connectivity index (χ0n) is 34.4. The number of para-hydroxylation sites is 2. The molecule has 3 aromatic carbocycles. The van der Waals surface area contributed by atoms with Crippen LogP contribution in [0.1, 0.15) is 69.8 Å². The van der Waals surface area contributed by atoms with Crippen LogP contribution in [0.4, 0.5) is 11.4 Å². The maximum atomic E-state index is 14.0. The van der Waals surface area contributed by atoms with Crippen LogP contribution in [-0.2, 0) is 24.5 Å². The number of ether oxygens (including phenoxy) is 1. The van der Waals surface area contributed by atoms with Gasteiger partial charge in [0.15, 0.2) is 0 Å². The highest BCUT2D eigenvalue weighted by molar-refractivity contribution is 5.97. The first kappa shape index (κ1) is 41.8. The van der Waals surface area contributed by atoms with Crippen LogP contribution in [0.5, 0.6) is 5.75 Å². The van der Waals surface area contributed by atoms with E-state index in [-0.39, 0.29) is 28.9 Å². The Balaban J connectivity index is 0.000000592. The molecule has 0 bridgehead atoms. The van der Waals surface area contributed by atoms with Crippen molar-refractivity contribution in [3.05, 3.63) is 103 Å². The number of nitrogens with one attached hydrogen (secondary N) is 2. The van der Waals surface area contributed by atoms with Crippen LogP contribution in [0.3, 0.4) is 0 Å². The second-order valence-corrected chi connectivity index (χ2v) is 16.6. The average molecular weight is 802 g/mol. The SMILES string of the molecule is COC1(C(=O)NCC2(c3ccccc3)CCN(c3cnnc(-c4ccccc4O)c3)CC2)CCN(CCC2CCN(c3ccccc3)CC2)CC1.O=C1CCCC(=O)N1. The first-order valence-corrected chi connectivity index (χ1v) is 21.4. The molecule has 3 N–H and O–H groups in total. The molecule has 0 atom stereocenters. The molecular formula is C47H59N7O5. The molecule has 312 valence electrons. The molecule has 4 saturated heterocycles. The van der Waals surface area contributed by atoms with Crippen molar-refractivity contribution in [3.63, 3.8) is 0 Å². The third-order valence-corrected chi connectivity index (χ3v) is 13.0. The van der Waals surface area contributed by atoms with E-state index in [1.165, 1.54) is 30.5 Å². The van der Waals surface area contributed by atoms with Crippen molar-refractivity contribution < 1.29 is 24.2 Å². The number of aromatic nitrogens is 2. The van der Waals surface area contributed by atoms with E-state index >= 15 is 0 Å². The number of carbonyl (C=O) groups is 3. The quantitative estimate of drug-likeness (QED) is 0.153. The molecule has 0 unspecified atom stereocenters. The standard InChI is InChI=1S/C42H52N6O3.C5H7NO2/c1-51-42(21-26-46(27-22-42)23-16-33-17-24-47(25-18-33)35-12-6-3-7-13-35)40(50)43-32-41(34-10-4-2-5-11-34)19-28-48(29-20-41)36-30-38(45-44-31-36)37-14-8-9-15-39(37)49;7-4-2-1-3-5(8)6-4/h2-15,30-31,33,49H,16-29,32H2,1H3,(H,43,50);1-3H2,(H,6,7,8). The fourth-order valence-corrected chi connectivity index (χ4v) is 9.15. The molecular weight excluding hydrogens is 743 g/mol. The van der Waals surface area contributed by atoms with Crippen LogP contribution in [0, 0.1) is 5.92 Å². The van der Waals surface area contributed by atoms with Crippen molar-refractivity contribution >= 4 is 29.1 Å². The molecule has 1 aromatic heterocycles. The highest BCUT2D eigenvalue weighted by Crippen LogP contribution is 2.38. The molecule has 4 aliphatic heterocycles. The summed E-state index contributed by atoms with van der Waals surface area (Å²) in [4.78, 5) is 42.1. The van der Waals surface area contributed by atoms with Gasteiger partial charge in [-0.05, 0) is 99.7 Å². The van der Waals surface area contributed by atoms with Gasteiger partial charge in [-0.25, -0.2) is 0 Å². The molecule has 5 heterocycles. The first-order valence-electron chi connectivity index (χ1n) is 21.4. The van der Waals surface area contributed by atoms with Crippen LogP contribution in [0.2, 0.25) is 0 Å². The van der Waals surface area contributed by atoms with Crippen LogP contribution in [-0.4, -0.2) is 103 Å². The Kier molecular flexibility index (Phi) is 13.9. The number of anilines is 2. The van der Waals surface area contributed by atoms with Gasteiger partial charge in [0.1, 0.15) is 11.4 Å². The molecule has 12 heteroatoms. The van der Waals surface area contributed by atoms with Crippen LogP contribution in [0.15, 0.2) is 97.2 Å². The van der Waals surface area contributed by atoms with Crippen LogP contribution in [0.25, 0.3) is 11.3 Å². The summed E-state index contributed by atoms with van der Waals surface area (Å²) in [5, 5.41) is 24.6. The van der Waals surface area contributed by atoms with Crippen molar-refractivity contribution in [1.29, 1.82) is 0 Å². The number of methoxy groups -OCH3 is 1. The highest BCUT2D eigenvalue weighted by Gasteiger charge is 2.44. The summed E-state index contributed by atoms with van der Waals surface area (Å²) in [5.41, 5.74) is 3.91. The van der Waals surface area contributed by atoms with E-state index in [1.807, 2.05) is 18.2 Å². The van der Waals surface area contributed by atoms with Gasteiger partial charge in [0.2, 0.25) is 11.8 Å². The molecule has 0 aliphatic carbocycles. The zero-order valence-corrected chi connectivity index (χ0v) is 34.4. The minimum atomic E-state index is -0.793. The first-order chi connectivity index (χ1) is 28.8. The van der Waals surface area contributed by atoms with E-state index in [2.05, 4.69) is 96.2 Å². The van der Waals surface area contributed by atoms with E-state index in [4.69, 9.17) is 4.74 Å². The van der Waals surface area contributed by atoms with Gasteiger partial charge < -0.3 is 29.9 Å². The third kappa shape index (κ3) is 10.5. The number of aromatic hydroxyl groups is 1. The van der Waals surface area contributed by atoms with Gasteiger partial charge in [-0.1, -0.05) is 60.7 Å². The number of amides is 3. The molecule has 8 rings (SSSR count). The van der Waals surface area contributed by atoms with Crippen molar-refractivity contribution in [2.45, 2.75) is 75.2 Å². The minimum absolute atomic E-state index is 0.0151. The summed E-state index contributed by atoms with van der Waals surface area (Å²) in [6, 6.07) is 30.6. The molecule has 0 saturated carbocycles. The van der Waals surface area contributed by atoms with Crippen molar-refractivity contribution in [2.75, 3.05) is 69.3 Å². The summed E-state index contributed by atoms with van der Waals surface area (Å²) >= 11 is 0. The fourth-order valence-electron chi connectivity index (χ4n) is 9.15. The zero-order chi connectivity index (χ0) is 41.1. The number of imide groups is 1. The van der Waals surface area contributed by atoms with Gasteiger partial charge >= 0.3 is 0 Å². The van der Waals surface area contributed by atoms with Gasteiger partial charge in [0.05, 0.1) is 17.6 Å². The summed E-state index contributed by atoms with van der Waals surface area (Å²) in [5.74, 6) is 0.692. The Bertz CT molecular complexity index is 1980. The lowest BCUT2D eigenvalue weighted by atomic mass is 9.72. The second-order valence-electron chi connectivity index (χ2n) is 16.6. The summed E-state index contributed by atoms with van der Waals surface area (Å²) in [6.45, 7) is 7.30. The molecule has 4 fully saturated rings. The highest BCUT2D eigenvalue weighted by atomic mass is 16.5. The van der Waals surface area contributed by atoms with Gasteiger partial charge in [0.25, 0.3) is 5.91 Å². The molecule has 0 spiro atoms. The van der Waals surface area contributed by atoms with E-state index in [1.54, 1.807) is 25.4 Å². The van der Waals surface area contributed by atoms with E-state index < -0.39 is 5.60 Å². The van der Waals surface area contributed by atoms with Gasteiger partial charge in [0, 0.05) is 82.4 Å². The smallest absolute Gasteiger partial charge is 0.252 e. The number of likely N-dealkylation sites (tertiary alicyclic amines) is 1. The Morgan fingerprint density at radius 2 is 1.44 bits per heavy atom. The average Bonchev–Trinajstić information content (AvgIpc) is 3.29. The number of piperidine rings is 4.